The second kappa shape index (κ2) is 3.30. The number of allylic oxidation sites excluding steroid dienone is 4. The molecule has 0 unspecified atom stereocenters. The molecule has 1 aliphatic heterocycles. The maximum Gasteiger partial charge on any atom is 0.150 e. The molecule has 0 aromatic heterocycles. The van der Waals surface area contributed by atoms with Crippen molar-refractivity contribution in [1.29, 1.82) is 0 Å². The van der Waals surface area contributed by atoms with Crippen LogP contribution in [0.3, 0.4) is 0 Å². The molecule has 9 heavy (non-hydrogen) atoms. The van der Waals surface area contributed by atoms with Crippen molar-refractivity contribution in [2.24, 2.45) is 0 Å². The Hall–Kier alpha value is -0.760. The molecule has 1 aliphatic rings. The summed E-state index contributed by atoms with van der Waals surface area (Å²) in [4.78, 5) is 10.2. The maximum absolute atomic E-state index is 10.2. The number of carbonyl (C=O) groups excluding carboxylic acids is 1. The lowest BCUT2D eigenvalue weighted by atomic mass is 10.3. The van der Waals surface area contributed by atoms with Crippen molar-refractivity contribution < 1.29 is 4.79 Å². The first-order valence-corrected chi connectivity index (χ1v) is 3.52. The van der Waals surface area contributed by atoms with Crippen molar-refractivity contribution in [1.82, 2.24) is 0 Å². The second-order valence-electron chi connectivity index (χ2n) is 1.56. The quantitative estimate of drug-likeness (QED) is 0.515. The molecule has 0 atom stereocenters. The summed E-state index contributed by atoms with van der Waals surface area (Å²) in [6.07, 6.45) is 6.37. The molecule has 0 fully saturated rings. The Morgan fingerprint density at radius 3 is 3.11 bits per heavy atom. The Bertz CT molecular complexity index is 189. The third-order valence-corrected chi connectivity index (χ3v) is 1.62. The van der Waals surface area contributed by atoms with Gasteiger partial charge in [0.25, 0.3) is 0 Å². The van der Waals surface area contributed by atoms with Crippen molar-refractivity contribution in [3.05, 3.63) is 34.6 Å². The summed E-state index contributed by atoms with van der Waals surface area (Å²) in [7, 11) is 0. The van der Waals surface area contributed by atoms with Gasteiger partial charge in [0.1, 0.15) is 0 Å². The Labute approximate surface area is 58.1 Å². The Morgan fingerprint density at radius 1 is 1.44 bits per heavy atom. The molecule has 0 saturated carbocycles. The standard InChI is InChI=1S/C7H6OS/c8-5-7-3-1-2-4-9-6-7/h1-6H. The first kappa shape index (κ1) is 6.36. The highest BCUT2D eigenvalue weighted by Gasteiger charge is 1.87. The zero-order valence-corrected chi connectivity index (χ0v) is 5.60. The summed E-state index contributed by atoms with van der Waals surface area (Å²) in [5.41, 5.74) is 0.727. The fraction of sp³-hybridized carbons (Fsp3) is 0. The third kappa shape index (κ3) is 1.90. The minimum absolute atomic E-state index is 0.727. The van der Waals surface area contributed by atoms with Gasteiger partial charge in [-0.2, -0.15) is 0 Å². The number of aldehydes is 1. The molecule has 1 heterocycles. The zero-order chi connectivity index (χ0) is 6.53. The van der Waals surface area contributed by atoms with Crippen molar-refractivity contribution in [3.63, 3.8) is 0 Å². The highest BCUT2D eigenvalue weighted by atomic mass is 32.2. The van der Waals surface area contributed by atoms with E-state index in [1.807, 2.05) is 23.0 Å². The van der Waals surface area contributed by atoms with Crippen LogP contribution in [0.25, 0.3) is 0 Å². The molecule has 2 heteroatoms. The summed E-state index contributed by atoms with van der Waals surface area (Å²) in [6.45, 7) is 0. The van der Waals surface area contributed by atoms with Gasteiger partial charge in [-0.05, 0) is 10.8 Å². The predicted molar refractivity (Wildman–Crippen MR) is 40.0 cm³/mol. The van der Waals surface area contributed by atoms with Crippen LogP contribution in [0.4, 0.5) is 0 Å². The number of hydrogen-bond donors (Lipinski definition) is 0. The van der Waals surface area contributed by atoms with Crippen molar-refractivity contribution >= 4 is 18.0 Å². The molecule has 1 nitrogen and oxygen atoms in total. The topological polar surface area (TPSA) is 17.1 Å². The van der Waals surface area contributed by atoms with Crippen LogP contribution in [0, 0.1) is 0 Å². The molecule has 0 bridgehead atoms. The molecule has 1 rings (SSSR count). The van der Waals surface area contributed by atoms with E-state index < -0.39 is 0 Å². The van der Waals surface area contributed by atoms with Crippen molar-refractivity contribution in [3.8, 4) is 0 Å². The third-order valence-electron chi connectivity index (χ3n) is 0.897. The lowest BCUT2D eigenvalue weighted by molar-refractivity contribution is -0.104. The first-order valence-electron chi connectivity index (χ1n) is 2.57. The average Bonchev–Trinajstić information content (AvgIpc) is 2.13. The van der Waals surface area contributed by atoms with Crippen LogP contribution in [0.1, 0.15) is 0 Å². The molecule has 0 aliphatic carbocycles. The van der Waals surface area contributed by atoms with Crippen molar-refractivity contribution in [2.75, 3.05) is 0 Å². The fourth-order valence-electron chi connectivity index (χ4n) is 0.482. The monoisotopic (exact) mass is 138 g/mol. The Morgan fingerprint density at radius 2 is 2.33 bits per heavy atom. The van der Waals surface area contributed by atoms with E-state index in [0.717, 1.165) is 11.9 Å². The molecular formula is C7H6OS. The molecule has 0 radical (unpaired) electrons. The molecule has 0 spiro atoms. The zero-order valence-electron chi connectivity index (χ0n) is 4.78. The smallest absolute Gasteiger partial charge is 0.150 e. The minimum atomic E-state index is 0.727. The lowest BCUT2D eigenvalue weighted by Gasteiger charge is -1.81. The molecule has 0 saturated heterocycles. The molecule has 0 amide bonds. The van der Waals surface area contributed by atoms with Gasteiger partial charge in [0.15, 0.2) is 6.29 Å². The normalized spacial score (nSPS) is 16.7. The van der Waals surface area contributed by atoms with E-state index in [4.69, 9.17) is 0 Å². The average molecular weight is 138 g/mol. The fourth-order valence-corrected chi connectivity index (χ4v) is 1.03. The molecular weight excluding hydrogens is 132 g/mol. The van der Waals surface area contributed by atoms with Gasteiger partial charge in [-0.1, -0.05) is 18.2 Å². The van der Waals surface area contributed by atoms with Gasteiger partial charge in [0, 0.05) is 5.57 Å². The van der Waals surface area contributed by atoms with Crippen LogP contribution in [-0.4, -0.2) is 6.29 Å². The van der Waals surface area contributed by atoms with Crippen LogP contribution in [0.15, 0.2) is 34.6 Å². The largest absolute Gasteiger partial charge is 0.298 e. The van der Waals surface area contributed by atoms with Crippen LogP contribution in [0.2, 0.25) is 0 Å². The van der Waals surface area contributed by atoms with E-state index in [0.29, 0.717) is 0 Å². The number of thioether (sulfide) groups is 1. The lowest BCUT2D eigenvalue weighted by Crippen LogP contribution is -1.73. The van der Waals surface area contributed by atoms with Gasteiger partial charge in [0.2, 0.25) is 0 Å². The Balaban J connectivity index is 2.74. The van der Waals surface area contributed by atoms with E-state index >= 15 is 0 Å². The van der Waals surface area contributed by atoms with E-state index in [9.17, 15) is 4.79 Å². The van der Waals surface area contributed by atoms with Gasteiger partial charge >= 0.3 is 0 Å². The van der Waals surface area contributed by atoms with Gasteiger partial charge in [-0.15, -0.1) is 11.8 Å². The van der Waals surface area contributed by atoms with E-state index in [1.165, 1.54) is 11.8 Å². The van der Waals surface area contributed by atoms with Crippen LogP contribution in [0.5, 0.6) is 0 Å². The number of rotatable bonds is 1. The van der Waals surface area contributed by atoms with Gasteiger partial charge < -0.3 is 0 Å². The van der Waals surface area contributed by atoms with Crippen LogP contribution < -0.4 is 0 Å². The van der Waals surface area contributed by atoms with E-state index in [-0.39, 0.29) is 0 Å². The minimum Gasteiger partial charge on any atom is -0.298 e. The van der Waals surface area contributed by atoms with Gasteiger partial charge in [-0.25, -0.2) is 0 Å². The van der Waals surface area contributed by atoms with Crippen LogP contribution >= 0.6 is 11.8 Å². The summed E-state index contributed by atoms with van der Waals surface area (Å²) in [6, 6.07) is 0. The maximum atomic E-state index is 10.2. The SMILES string of the molecule is O=CC1=CSC=CC=C1. The summed E-state index contributed by atoms with van der Waals surface area (Å²) < 4.78 is 0. The van der Waals surface area contributed by atoms with Crippen molar-refractivity contribution in [2.45, 2.75) is 0 Å². The predicted octanol–water partition coefficient (Wildman–Crippen LogP) is 1.89. The first-order chi connectivity index (χ1) is 4.43. The van der Waals surface area contributed by atoms with Crippen LogP contribution in [-0.2, 0) is 4.79 Å². The Kier molecular flexibility index (Phi) is 2.33. The van der Waals surface area contributed by atoms with Gasteiger partial charge in [-0.3, -0.25) is 4.79 Å². The summed E-state index contributed by atoms with van der Waals surface area (Å²) >= 11 is 1.51. The van der Waals surface area contributed by atoms with E-state index in [2.05, 4.69) is 0 Å². The summed E-state index contributed by atoms with van der Waals surface area (Å²) in [5, 5.41) is 3.74. The second-order valence-corrected chi connectivity index (χ2v) is 2.34. The molecule has 46 valence electrons. The highest BCUT2D eigenvalue weighted by Crippen LogP contribution is 2.11. The molecule has 0 aromatic rings. The molecule has 0 aromatic carbocycles. The summed E-state index contributed by atoms with van der Waals surface area (Å²) in [5.74, 6) is 0. The van der Waals surface area contributed by atoms with Gasteiger partial charge in [0.05, 0.1) is 0 Å². The number of hydrogen-bond acceptors (Lipinski definition) is 2. The number of carbonyl (C=O) groups is 1. The van der Waals surface area contributed by atoms with E-state index in [1.54, 1.807) is 6.08 Å². The highest BCUT2D eigenvalue weighted by molar-refractivity contribution is 8.04. The molecule has 0 N–H and O–H groups in total.